The zero-order chi connectivity index (χ0) is 14.6. The largest absolute Gasteiger partial charge is 0.378 e. The van der Waals surface area contributed by atoms with Crippen LogP contribution in [0.2, 0.25) is 0 Å². The SMILES string of the molecule is CC(C)(C)n1ccnc(NCCC2CCCCO2)c1=O. The van der Waals surface area contributed by atoms with Crippen molar-refractivity contribution in [3.8, 4) is 0 Å². The first-order valence-electron chi connectivity index (χ1n) is 7.42. The molecule has 1 aromatic rings. The van der Waals surface area contributed by atoms with Gasteiger partial charge in [0.25, 0.3) is 5.56 Å². The number of ether oxygens (including phenoxy) is 1. The van der Waals surface area contributed by atoms with Crippen LogP contribution in [0.3, 0.4) is 0 Å². The number of hydrogen-bond donors (Lipinski definition) is 1. The molecule has 2 heterocycles. The monoisotopic (exact) mass is 279 g/mol. The summed E-state index contributed by atoms with van der Waals surface area (Å²) in [6.45, 7) is 7.61. The summed E-state index contributed by atoms with van der Waals surface area (Å²) in [6.07, 6.45) is 8.18. The van der Waals surface area contributed by atoms with Crippen LogP contribution >= 0.6 is 0 Å². The second-order valence-electron chi connectivity index (χ2n) is 6.33. The van der Waals surface area contributed by atoms with Gasteiger partial charge in [-0.3, -0.25) is 4.79 Å². The van der Waals surface area contributed by atoms with Crippen molar-refractivity contribution in [3.05, 3.63) is 22.7 Å². The molecule has 0 aromatic carbocycles. The fraction of sp³-hybridized carbons (Fsp3) is 0.733. The van der Waals surface area contributed by atoms with E-state index in [2.05, 4.69) is 10.3 Å². The minimum Gasteiger partial charge on any atom is -0.378 e. The Balaban J connectivity index is 1.94. The van der Waals surface area contributed by atoms with Crippen molar-refractivity contribution in [2.24, 2.45) is 0 Å². The molecule has 0 amide bonds. The molecule has 0 radical (unpaired) electrons. The average molecular weight is 279 g/mol. The third kappa shape index (κ3) is 3.82. The van der Waals surface area contributed by atoms with E-state index in [-0.39, 0.29) is 11.1 Å². The maximum absolute atomic E-state index is 12.3. The Kier molecular flexibility index (Phi) is 4.81. The molecule has 1 aromatic heterocycles. The number of nitrogens with one attached hydrogen (secondary N) is 1. The molecule has 5 heteroatoms. The summed E-state index contributed by atoms with van der Waals surface area (Å²) in [6, 6.07) is 0. The van der Waals surface area contributed by atoms with Gasteiger partial charge < -0.3 is 14.6 Å². The van der Waals surface area contributed by atoms with Gasteiger partial charge in [-0.2, -0.15) is 0 Å². The standard InChI is InChI=1S/C15H25N3O2/c1-15(2,3)18-10-9-17-13(14(18)19)16-8-7-12-6-4-5-11-20-12/h9-10,12H,4-8,11H2,1-3H3,(H,16,17). The van der Waals surface area contributed by atoms with E-state index in [1.165, 1.54) is 12.8 Å². The number of rotatable bonds is 4. The van der Waals surface area contributed by atoms with Crippen LogP contribution in [0.4, 0.5) is 5.82 Å². The average Bonchev–Trinajstić information content (AvgIpc) is 2.40. The summed E-state index contributed by atoms with van der Waals surface area (Å²) in [5, 5.41) is 3.15. The van der Waals surface area contributed by atoms with Crippen LogP contribution < -0.4 is 10.9 Å². The van der Waals surface area contributed by atoms with Gasteiger partial charge in [-0.25, -0.2) is 4.98 Å². The highest BCUT2D eigenvalue weighted by molar-refractivity contribution is 5.31. The van der Waals surface area contributed by atoms with E-state index in [1.54, 1.807) is 17.0 Å². The van der Waals surface area contributed by atoms with Crippen LogP contribution in [0.5, 0.6) is 0 Å². The Morgan fingerprint density at radius 1 is 1.45 bits per heavy atom. The number of hydrogen-bond acceptors (Lipinski definition) is 4. The second-order valence-corrected chi connectivity index (χ2v) is 6.33. The van der Waals surface area contributed by atoms with Gasteiger partial charge >= 0.3 is 0 Å². The first-order chi connectivity index (χ1) is 9.48. The lowest BCUT2D eigenvalue weighted by Crippen LogP contribution is -2.35. The molecule has 1 aliphatic rings. The normalized spacial score (nSPS) is 19.9. The van der Waals surface area contributed by atoms with E-state index in [0.717, 1.165) is 26.0 Å². The first kappa shape index (κ1) is 15.0. The molecule has 1 fully saturated rings. The van der Waals surface area contributed by atoms with E-state index >= 15 is 0 Å². The third-order valence-corrected chi connectivity index (χ3v) is 3.60. The minimum absolute atomic E-state index is 0.0652. The van der Waals surface area contributed by atoms with Crippen molar-refractivity contribution in [2.75, 3.05) is 18.5 Å². The van der Waals surface area contributed by atoms with Gasteiger partial charge in [0, 0.05) is 31.1 Å². The quantitative estimate of drug-likeness (QED) is 0.919. The summed E-state index contributed by atoms with van der Waals surface area (Å²) >= 11 is 0. The maximum Gasteiger partial charge on any atom is 0.293 e. The summed E-state index contributed by atoms with van der Waals surface area (Å²) in [5.74, 6) is 0.429. The highest BCUT2D eigenvalue weighted by atomic mass is 16.5. The van der Waals surface area contributed by atoms with E-state index in [0.29, 0.717) is 11.9 Å². The molecule has 20 heavy (non-hydrogen) atoms. The topological polar surface area (TPSA) is 56.1 Å². The van der Waals surface area contributed by atoms with Crippen LogP contribution in [0.1, 0.15) is 46.5 Å². The number of aromatic nitrogens is 2. The Labute approximate surface area is 120 Å². The fourth-order valence-electron chi connectivity index (χ4n) is 2.45. The van der Waals surface area contributed by atoms with E-state index in [1.807, 2.05) is 20.8 Å². The molecule has 1 N–H and O–H groups in total. The number of anilines is 1. The highest BCUT2D eigenvalue weighted by Crippen LogP contribution is 2.15. The number of nitrogens with zero attached hydrogens (tertiary/aromatic N) is 2. The van der Waals surface area contributed by atoms with Crippen molar-refractivity contribution in [3.63, 3.8) is 0 Å². The van der Waals surface area contributed by atoms with Crippen molar-refractivity contribution in [2.45, 2.75) is 58.1 Å². The smallest absolute Gasteiger partial charge is 0.293 e. The van der Waals surface area contributed by atoms with E-state index < -0.39 is 0 Å². The molecule has 5 nitrogen and oxygen atoms in total. The van der Waals surface area contributed by atoms with Gasteiger partial charge in [-0.1, -0.05) is 0 Å². The first-order valence-corrected chi connectivity index (χ1v) is 7.42. The van der Waals surface area contributed by atoms with Gasteiger partial charge in [-0.15, -0.1) is 0 Å². The summed E-state index contributed by atoms with van der Waals surface area (Å²) in [5.41, 5.74) is -0.298. The Morgan fingerprint density at radius 3 is 2.90 bits per heavy atom. The predicted octanol–water partition coefficient (Wildman–Crippen LogP) is 2.37. The zero-order valence-electron chi connectivity index (χ0n) is 12.7. The summed E-state index contributed by atoms with van der Waals surface area (Å²) in [7, 11) is 0. The van der Waals surface area contributed by atoms with Crippen molar-refractivity contribution >= 4 is 5.82 Å². The molecule has 0 aliphatic carbocycles. The van der Waals surface area contributed by atoms with Crippen LogP contribution in [0.25, 0.3) is 0 Å². The molecule has 1 saturated heterocycles. The van der Waals surface area contributed by atoms with Crippen molar-refractivity contribution < 1.29 is 4.74 Å². The summed E-state index contributed by atoms with van der Waals surface area (Å²) in [4.78, 5) is 16.5. The molecular formula is C15H25N3O2. The molecule has 1 unspecified atom stereocenters. The molecule has 1 atom stereocenters. The predicted molar refractivity (Wildman–Crippen MR) is 80.2 cm³/mol. The zero-order valence-corrected chi connectivity index (χ0v) is 12.7. The maximum atomic E-state index is 12.3. The molecule has 1 aliphatic heterocycles. The molecular weight excluding hydrogens is 254 g/mol. The highest BCUT2D eigenvalue weighted by Gasteiger charge is 2.17. The van der Waals surface area contributed by atoms with Crippen molar-refractivity contribution in [1.82, 2.24) is 9.55 Å². The van der Waals surface area contributed by atoms with E-state index in [9.17, 15) is 4.79 Å². The molecule has 0 saturated carbocycles. The lowest BCUT2D eigenvalue weighted by Gasteiger charge is -2.24. The van der Waals surface area contributed by atoms with Crippen molar-refractivity contribution in [1.29, 1.82) is 0 Å². The lowest BCUT2D eigenvalue weighted by molar-refractivity contribution is 0.0134. The van der Waals surface area contributed by atoms with Crippen LogP contribution in [0, 0.1) is 0 Å². The Bertz CT molecular complexity index is 485. The lowest BCUT2D eigenvalue weighted by atomic mass is 10.1. The molecule has 112 valence electrons. The fourth-order valence-corrected chi connectivity index (χ4v) is 2.45. The van der Waals surface area contributed by atoms with Gasteiger partial charge in [0.15, 0.2) is 5.82 Å². The summed E-state index contributed by atoms with van der Waals surface area (Å²) < 4.78 is 7.39. The van der Waals surface area contributed by atoms with Crippen LogP contribution in [-0.2, 0) is 10.3 Å². The molecule has 2 rings (SSSR count). The van der Waals surface area contributed by atoms with Gasteiger partial charge in [-0.05, 0) is 46.5 Å². The Morgan fingerprint density at radius 2 is 2.25 bits per heavy atom. The second kappa shape index (κ2) is 6.39. The third-order valence-electron chi connectivity index (χ3n) is 3.60. The van der Waals surface area contributed by atoms with E-state index in [4.69, 9.17) is 4.74 Å². The van der Waals surface area contributed by atoms with Crippen LogP contribution in [0.15, 0.2) is 17.2 Å². The molecule has 0 bridgehead atoms. The Hall–Kier alpha value is -1.36. The molecule has 0 spiro atoms. The minimum atomic E-state index is -0.233. The van der Waals surface area contributed by atoms with Gasteiger partial charge in [0.2, 0.25) is 0 Å². The van der Waals surface area contributed by atoms with Gasteiger partial charge in [0.1, 0.15) is 0 Å². The van der Waals surface area contributed by atoms with Gasteiger partial charge in [0.05, 0.1) is 6.10 Å². The van der Waals surface area contributed by atoms with Crippen LogP contribution in [-0.4, -0.2) is 28.8 Å².